The molecule has 4 rings (SSSR count). The van der Waals surface area contributed by atoms with Gasteiger partial charge in [0.05, 0.1) is 13.2 Å². The van der Waals surface area contributed by atoms with E-state index in [0.717, 1.165) is 36.0 Å². The molecule has 8 nitrogen and oxygen atoms in total. The second kappa shape index (κ2) is 12.4. The number of rotatable bonds is 10. The third-order valence-electron chi connectivity index (χ3n) is 7.66. The summed E-state index contributed by atoms with van der Waals surface area (Å²) in [5.74, 6) is 0.106. The van der Waals surface area contributed by atoms with Crippen LogP contribution in [0.4, 0.5) is 0 Å². The van der Waals surface area contributed by atoms with Gasteiger partial charge in [0.1, 0.15) is 11.8 Å². The molecule has 204 valence electrons. The SMILES string of the molecule is CC(C)(CCCCC(=O)N1CCOCC1)c1ccc(-c2ccccc2CNC(=O)C2CCC(=O)N2)c(O)c1. The Labute approximate surface area is 224 Å². The van der Waals surface area contributed by atoms with Gasteiger partial charge in [0.2, 0.25) is 17.7 Å². The van der Waals surface area contributed by atoms with Gasteiger partial charge < -0.3 is 25.4 Å². The van der Waals surface area contributed by atoms with Crippen molar-refractivity contribution in [1.29, 1.82) is 0 Å². The molecule has 0 aliphatic carbocycles. The molecule has 38 heavy (non-hydrogen) atoms. The van der Waals surface area contributed by atoms with Crippen LogP contribution in [0.2, 0.25) is 0 Å². The standard InChI is InChI=1S/C30H39N3O5/c1-30(2,14-6-5-9-28(36)33-15-17-38-18-16-33)22-10-11-24(26(34)19-22)23-8-4-3-7-21(23)20-31-29(37)25-12-13-27(35)32-25/h3-4,7-8,10-11,19,25,34H,5-6,9,12-18,20H2,1-2H3,(H,31,37)(H,32,35). The minimum Gasteiger partial charge on any atom is -0.507 e. The molecule has 3 N–H and O–H groups in total. The monoisotopic (exact) mass is 521 g/mol. The number of aromatic hydroxyl groups is 1. The number of amides is 3. The van der Waals surface area contributed by atoms with E-state index >= 15 is 0 Å². The quantitative estimate of drug-likeness (QED) is 0.414. The van der Waals surface area contributed by atoms with Crippen LogP contribution >= 0.6 is 0 Å². The second-order valence-corrected chi connectivity index (χ2v) is 10.8. The highest BCUT2D eigenvalue weighted by Gasteiger charge is 2.27. The van der Waals surface area contributed by atoms with E-state index in [0.29, 0.717) is 57.7 Å². The summed E-state index contributed by atoms with van der Waals surface area (Å²) in [7, 11) is 0. The number of phenolic OH excluding ortho intramolecular Hbond substituents is 1. The highest BCUT2D eigenvalue weighted by atomic mass is 16.5. The van der Waals surface area contributed by atoms with E-state index in [4.69, 9.17) is 4.74 Å². The number of hydrogen-bond donors (Lipinski definition) is 3. The number of nitrogens with zero attached hydrogens (tertiary/aromatic N) is 1. The fourth-order valence-electron chi connectivity index (χ4n) is 5.19. The summed E-state index contributed by atoms with van der Waals surface area (Å²) >= 11 is 0. The number of nitrogens with one attached hydrogen (secondary N) is 2. The number of ether oxygens (including phenoxy) is 1. The summed E-state index contributed by atoms with van der Waals surface area (Å²) < 4.78 is 5.32. The van der Waals surface area contributed by atoms with Gasteiger partial charge in [0.15, 0.2) is 0 Å². The molecule has 0 saturated carbocycles. The molecule has 0 spiro atoms. The predicted octanol–water partition coefficient (Wildman–Crippen LogP) is 3.65. The average Bonchev–Trinajstić information content (AvgIpc) is 3.36. The maximum Gasteiger partial charge on any atom is 0.242 e. The molecule has 8 heteroatoms. The van der Waals surface area contributed by atoms with Crippen molar-refractivity contribution < 1.29 is 24.2 Å². The summed E-state index contributed by atoms with van der Waals surface area (Å²) in [6.07, 6.45) is 4.11. The number of phenols is 1. The highest BCUT2D eigenvalue weighted by Crippen LogP contribution is 2.37. The van der Waals surface area contributed by atoms with Crippen molar-refractivity contribution in [2.75, 3.05) is 26.3 Å². The first kappa shape index (κ1) is 27.6. The van der Waals surface area contributed by atoms with E-state index in [9.17, 15) is 19.5 Å². The van der Waals surface area contributed by atoms with Gasteiger partial charge in [0.25, 0.3) is 0 Å². The minimum absolute atomic E-state index is 0.0973. The predicted molar refractivity (Wildman–Crippen MR) is 145 cm³/mol. The van der Waals surface area contributed by atoms with Crippen LogP contribution in [0.5, 0.6) is 5.75 Å². The lowest BCUT2D eigenvalue weighted by atomic mass is 9.79. The molecule has 2 heterocycles. The first-order chi connectivity index (χ1) is 18.2. The van der Waals surface area contributed by atoms with Crippen LogP contribution in [-0.4, -0.2) is 60.1 Å². The van der Waals surface area contributed by atoms with Crippen molar-refractivity contribution >= 4 is 17.7 Å². The Morgan fingerprint density at radius 3 is 2.58 bits per heavy atom. The number of benzene rings is 2. The Morgan fingerprint density at radius 2 is 1.87 bits per heavy atom. The van der Waals surface area contributed by atoms with Crippen molar-refractivity contribution in [3.05, 3.63) is 53.6 Å². The fourth-order valence-corrected chi connectivity index (χ4v) is 5.19. The average molecular weight is 522 g/mol. The van der Waals surface area contributed by atoms with Crippen molar-refractivity contribution in [2.24, 2.45) is 0 Å². The molecule has 2 aromatic rings. The fraction of sp³-hybridized carbons (Fsp3) is 0.500. The van der Waals surface area contributed by atoms with Crippen LogP contribution in [0.15, 0.2) is 42.5 Å². The molecule has 2 saturated heterocycles. The molecule has 3 amide bonds. The van der Waals surface area contributed by atoms with Crippen molar-refractivity contribution in [3.63, 3.8) is 0 Å². The lowest BCUT2D eigenvalue weighted by Crippen LogP contribution is -2.41. The summed E-state index contributed by atoms with van der Waals surface area (Å²) in [5.41, 5.74) is 3.34. The van der Waals surface area contributed by atoms with E-state index in [-0.39, 0.29) is 28.9 Å². The lowest BCUT2D eigenvalue weighted by molar-refractivity contribution is -0.135. The Balaban J connectivity index is 1.35. The molecule has 1 unspecified atom stereocenters. The lowest BCUT2D eigenvalue weighted by Gasteiger charge is -2.28. The first-order valence-electron chi connectivity index (χ1n) is 13.6. The number of morpholine rings is 1. The van der Waals surface area contributed by atoms with Crippen LogP contribution in [0.1, 0.15) is 63.5 Å². The van der Waals surface area contributed by atoms with E-state index in [1.54, 1.807) is 0 Å². The zero-order valence-electron chi connectivity index (χ0n) is 22.4. The summed E-state index contributed by atoms with van der Waals surface area (Å²) in [6, 6.07) is 13.0. The van der Waals surface area contributed by atoms with Gasteiger partial charge >= 0.3 is 0 Å². The van der Waals surface area contributed by atoms with Gasteiger partial charge in [-0.15, -0.1) is 0 Å². The Hall–Kier alpha value is -3.39. The smallest absolute Gasteiger partial charge is 0.242 e. The Morgan fingerprint density at radius 1 is 1.11 bits per heavy atom. The topological polar surface area (TPSA) is 108 Å². The maximum atomic E-state index is 12.5. The summed E-state index contributed by atoms with van der Waals surface area (Å²) in [6.45, 7) is 7.24. The maximum absolute atomic E-state index is 12.5. The molecule has 1 atom stereocenters. The van der Waals surface area contributed by atoms with Gasteiger partial charge in [0, 0.05) is 38.0 Å². The summed E-state index contributed by atoms with van der Waals surface area (Å²) in [4.78, 5) is 38.2. The zero-order chi connectivity index (χ0) is 27.1. The first-order valence-corrected chi connectivity index (χ1v) is 13.6. The second-order valence-electron chi connectivity index (χ2n) is 10.8. The molecular weight excluding hydrogens is 482 g/mol. The van der Waals surface area contributed by atoms with Gasteiger partial charge in [-0.05, 0) is 47.4 Å². The van der Waals surface area contributed by atoms with Crippen molar-refractivity contribution in [1.82, 2.24) is 15.5 Å². The molecular formula is C30H39N3O5. The van der Waals surface area contributed by atoms with Gasteiger partial charge in [-0.3, -0.25) is 14.4 Å². The van der Waals surface area contributed by atoms with Crippen molar-refractivity contribution in [2.45, 2.75) is 70.4 Å². The Bertz CT molecular complexity index is 1160. The molecule has 2 aliphatic heterocycles. The summed E-state index contributed by atoms with van der Waals surface area (Å²) in [5, 5.41) is 16.6. The normalized spacial score (nSPS) is 17.8. The number of carbonyl (C=O) groups is 3. The van der Waals surface area contributed by atoms with Gasteiger partial charge in [-0.2, -0.15) is 0 Å². The molecule has 0 bridgehead atoms. The largest absolute Gasteiger partial charge is 0.507 e. The zero-order valence-corrected chi connectivity index (χ0v) is 22.4. The number of unbranched alkanes of at least 4 members (excludes halogenated alkanes) is 1. The molecule has 0 aromatic heterocycles. The Kier molecular flexibility index (Phi) is 9.05. The molecule has 2 aliphatic rings. The van der Waals surface area contributed by atoms with E-state index in [2.05, 4.69) is 30.5 Å². The van der Waals surface area contributed by atoms with Crippen LogP contribution in [0.25, 0.3) is 11.1 Å². The molecule has 2 fully saturated rings. The highest BCUT2D eigenvalue weighted by molar-refractivity contribution is 5.90. The molecule has 2 aromatic carbocycles. The van der Waals surface area contributed by atoms with Crippen LogP contribution in [0, 0.1) is 0 Å². The number of carbonyl (C=O) groups excluding carboxylic acids is 3. The van der Waals surface area contributed by atoms with Crippen molar-refractivity contribution in [3.8, 4) is 16.9 Å². The van der Waals surface area contributed by atoms with Crippen LogP contribution in [-0.2, 0) is 31.1 Å². The van der Waals surface area contributed by atoms with Crippen LogP contribution < -0.4 is 10.6 Å². The van der Waals surface area contributed by atoms with E-state index < -0.39 is 6.04 Å². The minimum atomic E-state index is -0.484. The third kappa shape index (κ3) is 6.92. The van der Waals surface area contributed by atoms with Gasteiger partial charge in [-0.25, -0.2) is 0 Å². The number of hydrogen-bond acceptors (Lipinski definition) is 5. The van der Waals surface area contributed by atoms with Crippen LogP contribution in [0.3, 0.4) is 0 Å². The van der Waals surface area contributed by atoms with E-state index in [1.165, 1.54) is 0 Å². The van der Waals surface area contributed by atoms with E-state index in [1.807, 2.05) is 41.3 Å². The molecule has 0 radical (unpaired) electrons. The third-order valence-corrected chi connectivity index (χ3v) is 7.66. The van der Waals surface area contributed by atoms with Gasteiger partial charge in [-0.1, -0.05) is 56.7 Å².